The van der Waals surface area contributed by atoms with Crippen LogP contribution >= 0.6 is 0 Å². The zero-order valence-electron chi connectivity index (χ0n) is 15.4. The van der Waals surface area contributed by atoms with Crippen LogP contribution in [0.5, 0.6) is 5.75 Å². The molecule has 0 unspecified atom stereocenters. The molecule has 6 heteroatoms. The van der Waals surface area contributed by atoms with Gasteiger partial charge in [-0.25, -0.2) is 4.98 Å². The van der Waals surface area contributed by atoms with Gasteiger partial charge in [0.25, 0.3) is 5.91 Å². The zero-order valence-corrected chi connectivity index (χ0v) is 15.4. The van der Waals surface area contributed by atoms with E-state index in [-0.39, 0.29) is 5.91 Å². The van der Waals surface area contributed by atoms with Crippen molar-refractivity contribution in [1.82, 2.24) is 14.8 Å². The summed E-state index contributed by atoms with van der Waals surface area (Å²) in [6, 6.07) is 11.4. The third kappa shape index (κ3) is 4.32. The molecule has 0 bridgehead atoms. The number of pyridine rings is 1. The van der Waals surface area contributed by atoms with Crippen molar-refractivity contribution in [3.8, 4) is 5.75 Å². The average molecular weight is 354 g/mol. The third-order valence-electron chi connectivity index (χ3n) is 4.57. The second-order valence-corrected chi connectivity index (χ2v) is 6.21. The van der Waals surface area contributed by atoms with E-state index in [2.05, 4.69) is 22.1 Å². The predicted molar refractivity (Wildman–Crippen MR) is 103 cm³/mol. The van der Waals surface area contributed by atoms with Gasteiger partial charge in [-0.3, -0.25) is 4.79 Å². The van der Waals surface area contributed by atoms with Gasteiger partial charge in [-0.2, -0.15) is 0 Å². The van der Waals surface area contributed by atoms with Gasteiger partial charge in [-0.1, -0.05) is 19.1 Å². The lowest BCUT2D eigenvalue weighted by Gasteiger charge is -2.34. The van der Waals surface area contributed by atoms with Crippen molar-refractivity contribution in [1.29, 1.82) is 0 Å². The molecular weight excluding hydrogens is 328 g/mol. The van der Waals surface area contributed by atoms with Crippen molar-refractivity contribution >= 4 is 17.4 Å². The maximum Gasteiger partial charge on any atom is 0.255 e. The standard InChI is InChI=1S/C20H26N4O2/c1-3-23-11-13-24(14-12-23)20(25)16-9-10-19(21-15-16)22-17-7-5-6-8-18(17)26-4-2/h5-10,15H,3-4,11-14H2,1-2H3,(H,21,22). The summed E-state index contributed by atoms with van der Waals surface area (Å²) in [7, 11) is 0. The van der Waals surface area contributed by atoms with Crippen LogP contribution in [0.15, 0.2) is 42.6 Å². The number of hydrogen-bond acceptors (Lipinski definition) is 5. The van der Waals surface area contributed by atoms with E-state index in [1.165, 1.54) is 0 Å². The van der Waals surface area contributed by atoms with Gasteiger partial charge in [-0.05, 0) is 37.7 Å². The first-order chi connectivity index (χ1) is 12.7. The Hall–Kier alpha value is -2.60. The summed E-state index contributed by atoms with van der Waals surface area (Å²) in [4.78, 5) is 21.3. The number of hydrogen-bond donors (Lipinski definition) is 1. The molecule has 1 N–H and O–H groups in total. The summed E-state index contributed by atoms with van der Waals surface area (Å²) in [5.41, 5.74) is 1.48. The van der Waals surface area contributed by atoms with Gasteiger partial charge in [-0.15, -0.1) is 0 Å². The van der Waals surface area contributed by atoms with Crippen LogP contribution in [0.25, 0.3) is 0 Å². The first kappa shape index (κ1) is 18.2. The number of nitrogens with zero attached hydrogens (tertiary/aromatic N) is 3. The molecule has 26 heavy (non-hydrogen) atoms. The second-order valence-electron chi connectivity index (χ2n) is 6.21. The zero-order chi connectivity index (χ0) is 18.4. The Labute approximate surface area is 154 Å². The molecule has 0 atom stereocenters. The van der Waals surface area contributed by atoms with E-state index in [1.807, 2.05) is 48.2 Å². The Balaban J connectivity index is 1.64. The first-order valence-corrected chi connectivity index (χ1v) is 9.17. The fourth-order valence-corrected chi connectivity index (χ4v) is 3.03. The Kier molecular flexibility index (Phi) is 6.07. The Morgan fingerprint density at radius 3 is 2.54 bits per heavy atom. The molecule has 1 aromatic carbocycles. The molecule has 6 nitrogen and oxygen atoms in total. The van der Waals surface area contributed by atoms with E-state index < -0.39 is 0 Å². The minimum absolute atomic E-state index is 0.0505. The van der Waals surface area contributed by atoms with Crippen molar-refractivity contribution in [2.45, 2.75) is 13.8 Å². The molecule has 0 saturated carbocycles. The number of amides is 1. The number of rotatable bonds is 6. The summed E-state index contributed by atoms with van der Waals surface area (Å²) >= 11 is 0. The molecule has 1 fully saturated rings. The molecule has 3 rings (SSSR count). The maximum absolute atomic E-state index is 12.6. The molecule has 2 aromatic rings. The summed E-state index contributed by atoms with van der Waals surface area (Å²) in [5, 5.41) is 3.25. The summed E-state index contributed by atoms with van der Waals surface area (Å²) < 4.78 is 5.61. The maximum atomic E-state index is 12.6. The summed E-state index contributed by atoms with van der Waals surface area (Å²) in [5.74, 6) is 1.52. The molecule has 2 heterocycles. The van der Waals surface area contributed by atoms with E-state index in [0.29, 0.717) is 18.0 Å². The fourth-order valence-electron chi connectivity index (χ4n) is 3.03. The van der Waals surface area contributed by atoms with Crippen molar-refractivity contribution in [2.75, 3.05) is 44.6 Å². The van der Waals surface area contributed by atoms with Crippen LogP contribution in [-0.4, -0.2) is 60.0 Å². The van der Waals surface area contributed by atoms with Crippen LogP contribution in [0.3, 0.4) is 0 Å². The quantitative estimate of drug-likeness (QED) is 0.864. The van der Waals surface area contributed by atoms with E-state index >= 15 is 0 Å². The lowest BCUT2D eigenvalue weighted by atomic mass is 10.2. The van der Waals surface area contributed by atoms with Crippen LogP contribution < -0.4 is 10.1 Å². The Morgan fingerprint density at radius 2 is 1.88 bits per heavy atom. The number of aromatic nitrogens is 1. The predicted octanol–water partition coefficient (Wildman–Crippen LogP) is 3.00. The Bertz CT molecular complexity index is 725. The number of benzene rings is 1. The number of piperazine rings is 1. The number of carbonyl (C=O) groups is 1. The average Bonchev–Trinajstić information content (AvgIpc) is 2.70. The lowest BCUT2D eigenvalue weighted by molar-refractivity contribution is 0.0643. The largest absolute Gasteiger partial charge is 0.492 e. The molecular formula is C20H26N4O2. The molecule has 1 aromatic heterocycles. The highest BCUT2D eigenvalue weighted by Gasteiger charge is 2.21. The number of para-hydroxylation sites is 2. The molecule has 1 aliphatic rings. The first-order valence-electron chi connectivity index (χ1n) is 9.17. The van der Waals surface area contributed by atoms with Crippen LogP contribution in [0.2, 0.25) is 0 Å². The van der Waals surface area contributed by atoms with Gasteiger partial charge in [0.2, 0.25) is 0 Å². The Morgan fingerprint density at radius 1 is 1.12 bits per heavy atom. The van der Waals surface area contributed by atoms with Crippen LogP contribution in [0.4, 0.5) is 11.5 Å². The number of anilines is 2. The third-order valence-corrected chi connectivity index (χ3v) is 4.57. The molecule has 0 radical (unpaired) electrons. The molecule has 0 spiro atoms. The highest BCUT2D eigenvalue weighted by Crippen LogP contribution is 2.26. The van der Waals surface area contributed by atoms with Gasteiger partial charge in [0, 0.05) is 32.4 Å². The topological polar surface area (TPSA) is 57.7 Å². The van der Waals surface area contributed by atoms with Crippen LogP contribution in [0.1, 0.15) is 24.2 Å². The molecule has 1 aliphatic heterocycles. The van der Waals surface area contributed by atoms with Crippen molar-refractivity contribution in [3.63, 3.8) is 0 Å². The number of nitrogens with one attached hydrogen (secondary N) is 1. The summed E-state index contributed by atoms with van der Waals surface area (Å²) in [6.07, 6.45) is 1.64. The van der Waals surface area contributed by atoms with Gasteiger partial charge in [0.15, 0.2) is 0 Å². The minimum Gasteiger partial charge on any atom is -0.492 e. The lowest BCUT2D eigenvalue weighted by Crippen LogP contribution is -2.48. The number of likely N-dealkylation sites (N-methyl/N-ethyl adjacent to an activating group) is 1. The normalized spacial score (nSPS) is 14.9. The second kappa shape index (κ2) is 8.67. The molecule has 1 saturated heterocycles. The minimum atomic E-state index is 0.0505. The van der Waals surface area contributed by atoms with Crippen LogP contribution in [0, 0.1) is 0 Å². The van der Waals surface area contributed by atoms with Crippen molar-refractivity contribution in [3.05, 3.63) is 48.2 Å². The summed E-state index contributed by atoms with van der Waals surface area (Å²) in [6.45, 7) is 9.15. The van der Waals surface area contributed by atoms with E-state index in [4.69, 9.17) is 4.74 Å². The van der Waals surface area contributed by atoms with E-state index in [0.717, 1.165) is 44.2 Å². The van der Waals surface area contributed by atoms with E-state index in [1.54, 1.807) is 6.20 Å². The van der Waals surface area contributed by atoms with Crippen molar-refractivity contribution in [2.24, 2.45) is 0 Å². The van der Waals surface area contributed by atoms with Crippen molar-refractivity contribution < 1.29 is 9.53 Å². The van der Waals surface area contributed by atoms with Gasteiger partial charge in [0.1, 0.15) is 11.6 Å². The molecule has 138 valence electrons. The number of ether oxygens (including phenoxy) is 1. The highest BCUT2D eigenvalue weighted by molar-refractivity contribution is 5.94. The van der Waals surface area contributed by atoms with Gasteiger partial charge < -0.3 is 19.9 Å². The van der Waals surface area contributed by atoms with E-state index in [9.17, 15) is 4.79 Å². The highest BCUT2D eigenvalue weighted by atomic mass is 16.5. The fraction of sp³-hybridized carbons (Fsp3) is 0.400. The monoisotopic (exact) mass is 354 g/mol. The SMILES string of the molecule is CCOc1ccccc1Nc1ccc(C(=O)N2CCN(CC)CC2)cn1. The van der Waals surface area contributed by atoms with Gasteiger partial charge in [0.05, 0.1) is 17.9 Å². The number of carbonyl (C=O) groups excluding carboxylic acids is 1. The van der Waals surface area contributed by atoms with Gasteiger partial charge >= 0.3 is 0 Å². The smallest absolute Gasteiger partial charge is 0.255 e. The van der Waals surface area contributed by atoms with Crippen LogP contribution in [-0.2, 0) is 0 Å². The molecule has 0 aliphatic carbocycles. The molecule has 1 amide bonds.